The number of aryl methyl sites for hydroxylation is 2. The molecule has 1 aromatic heterocycles. The first-order valence-corrected chi connectivity index (χ1v) is 7.55. The fraction of sp³-hybridized carbons (Fsp3) is 0.286. The summed E-state index contributed by atoms with van der Waals surface area (Å²) in [5.41, 5.74) is 4.01. The van der Waals surface area contributed by atoms with E-state index < -0.39 is 0 Å². The molecule has 0 saturated heterocycles. The molecule has 0 radical (unpaired) electrons. The van der Waals surface area contributed by atoms with Crippen molar-refractivity contribution in [3.63, 3.8) is 0 Å². The highest BCUT2D eigenvalue weighted by Crippen LogP contribution is 2.32. The summed E-state index contributed by atoms with van der Waals surface area (Å²) in [6.07, 6.45) is 0. The van der Waals surface area contributed by atoms with E-state index in [1.165, 1.54) is 22.5 Å². The molecular formula is C14H14BrNO2S. The van der Waals surface area contributed by atoms with Crippen molar-refractivity contribution in [2.45, 2.75) is 20.8 Å². The zero-order valence-electron chi connectivity index (χ0n) is 11.0. The molecule has 0 aliphatic carbocycles. The van der Waals surface area contributed by atoms with Crippen LogP contribution in [0.1, 0.15) is 27.7 Å². The number of carbonyl (C=O) groups is 1. The summed E-state index contributed by atoms with van der Waals surface area (Å²) in [7, 11) is 0. The number of hydrogen-bond acceptors (Lipinski definition) is 4. The quantitative estimate of drug-likeness (QED) is 0.779. The van der Waals surface area contributed by atoms with Gasteiger partial charge in [-0.3, -0.25) is 0 Å². The first kappa shape index (κ1) is 14.2. The molecule has 0 aliphatic heterocycles. The fourth-order valence-corrected chi connectivity index (χ4v) is 3.08. The molecule has 2 aromatic rings. The van der Waals surface area contributed by atoms with Crippen LogP contribution in [0.3, 0.4) is 0 Å². The first-order valence-electron chi connectivity index (χ1n) is 5.94. The van der Waals surface area contributed by atoms with E-state index in [4.69, 9.17) is 4.74 Å². The molecule has 0 spiro atoms. The third-order valence-corrected chi connectivity index (χ3v) is 4.33. The van der Waals surface area contributed by atoms with Crippen molar-refractivity contribution in [2.75, 3.05) is 6.61 Å². The summed E-state index contributed by atoms with van der Waals surface area (Å²) in [5, 5.41) is 0. The highest BCUT2D eigenvalue weighted by Gasteiger charge is 2.19. The molecular weight excluding hydrogens is 326 g/mol. The SMILES string of the molecule is CCOC(=O)c1sc(Br)nc1-c1ccc(C)c(C)c1. The number of carbonyl (C=O) groups excluding carboxylic acids is 1. The second-order valence-corrected chi connectivity index (χ2v) is 6.44. The molecule has 1 heterocycles. The maximum absolute atomic E-state index is 11.9. The number of rotatable bonds is 3. The van der Waals surface area contributed by atoms with Gasteiger partial charge < -0.3 is 4.74 Å². The Kier molecular flexibility index (Phi) is 4.37. The van der Waals surface area contributed by atoms with Gasteiger partial charge in [0.1, 0.15) is 4.88 Å². The van der Waals surface area contributed by atoms with E-state index in [1.807, 2.05) is 25.1 Å². The number of esters is 1. The van der Waals surface area contributed by atoms with Crippen molar-refractivity contribution < 1.29 is 9.53 Å². The van der Waals surface area contributed by atoms with Gasteiger partial charge in [-0.2, -0.15) is 0 Å². The van der Waals surface area contributed by atoms with Crippen LogP contribution in [0, 0.1) is 13.8 Å². The van der Waals surface area contributed by atoms with Gasteiger partial charge in [-0.05, 0) is 53.9 Å². The molecule has 2 rings (SSSR count). The van der Waals surface area contributed by atoms with Crippen molar-refractivity contribution in [2.24, 2.45) is 0 Å². The average Bonchev–Trinajstić information content (AvgIpc) is 2.75. The third kappa shape index (κ3) is 3.04. The van der Waals surface area contributed by atoms with Gasteiger partial charge in [-0.15, -0.1) is 0 Å². The number of nitrogens with zero attached hydrogens (tertiary/aromatic N) is 1. The van der Waals surface area contributed by atoms with Crippen LogP contribution in [0.5, 0.6) is 0 Å². The lowest BCUT2D eigenvalue weighted by Crippen LogP contribution is -2.04. The molecule has 0 amide bonds. The lowest BCUT2D eigenvalue weighted by molar-refractivity contribution is 0.0532. The van der Waals surface area contributed by atoms with Crippen LogP contribution < -0.4 is 0 Å². The smallest absolute Gasteiger partial charge is 0.350 e. The van der Waals surface area contributed by atoms with Crippen LogP contribution in [0.25, 0.3) is 11.3 Å². The standard InChI is InChI=1S/C14H14BrNO2S/c1-4-18-13(17)12-11(16-14(15)19-12)10-6-5-8(2)9(3)7-10/h5-7H,4H2,1-3H3. The van der Waals surface area contributed by atoms with Crippen molar-refractivity contribution in [1.29, 1.82) is 0 Å². The minimum atomic E-state index is -0.320. The molecule has 0 bridgehead atoms. The zero-order valence-corrected chi connectivity index (χ0v) is 13.4. The Morgan fingerprint density at radius 3 is 2.74 bits per heavy atom. The summed E-state index contributed by atoms with van der Waals surface area (Å²) < 4.78 is 5.75. The number of aromatic nitrogens is 1. The van der Waals surface area contributed by atoms with E-state index in [-0.39, 0.29) is 5.97 Å². The Hall–Kier alpha value is -1.20. The Morgan fingerprint density at radius 1 is 1.37 bits per heavy atom. The van der Waals surface area contributed by atoms with Gasteiger partial charge in [0.05, 0.1) is 12.3 Å². The summed E-state index contributed by atoms with van der Waals surface area (Å²) in [6.45, 7) is 6.26. The molecule has 100 valence electrons. The van der Waals surface area contributed by atoms with Crippen molar-refractivity contribution in [1.82, 2.24) is 4.98 Å². The minimum absolute atomic E-state index is 0.320. The number of thiazole rings is 1. The van der Waals surface area contributed by atoms with Crippen molar-refractivity contribution in [3.05, 3.63) is 38.1 Å². The third-order valence-electron chi connectivity index (χ3n) is 2.84. The van der Waals surface area contributed by atoms with Crippen molar-refractivity contribution in [3.8, 4) is 11.3 Å². The molecule has 0 fully saturated rings. The summed E-state index contributed by atoms with van der Waals surface area (Å²) in [5.74, 6) is -0.320. The van der Waals surface area contributed by atoms with Gasteiger partial charge in [0.15, 0.2) is 3.92 Å². The Labute approximate surface area is 124 Å². The van der Waals surface area contributed by atoms with Crippen molar-refractivity contribution >= 4 is 33.2 Å². The zero-order chi connectivity index (χ0) is 14.0. The summed E-state index contributed by atoms with van der Waals surface area (Å²) in [4.78, 5) is 16.9. The minimum Gasteiger partial charge on any atom is -0.462 e. The number of hydrogen-bond donors (Lipinski definition) is 0. The molecule has 0 atom stereocenters. The van der Waals surface area contributed by atoms with Gasteiger partial charge >= 0.3 is 5.97 Å². The Balaban J connectivity index is 2.49. The van der Waals surface area contributed by atoms with E-state index >= 15 is 0 Å². The lowest BCUT2D eigenvalue weighted by Gasteiger charge is -2.05. The molecule has 5 heteroatoms. The predicted octanol–water partition coefficient (Wildman–Crippen LogP) is 4.37. The van der Waals surface area contributed by atoms with Gasteiger partial charge in [-0.1, -0.05) is 23.5 Å². The van der Waals surface area contributed by atoms with E-state index in [9.17, 15) is 4.79 Å². The van der Waals surface area contributed by atoms with E-state index in [0.29, 0.717) is 21.1 Å². The Morgan fingerprint density at radius 2 is 2.11 bits per heavy atom. The normalized spacial score (nSPS) is 10.5. The monoisotopic (exact) mass is 339 g/mol. The van der Waals surface area contributed by atoms with E-state index in [2.05, 4.69) is 27.8 Å². The highest BCUT2D eigenvalue weighted by molar-refractivity contribution is 9.11. The number of halogens is 1. The predicted molar refractivity (Wildman–Crippen MR) is 80.7 cm³/mol. The van der Waals surface area contributed by atoms with Crippen LogP contribution in [0.15, 0.2) is 22.1 Å². The summed E-state index contributed by atoms with van der Waals surface area (Å²) in [6, 6.07) is 6.05. The number of benzene rings is 1. The lowest BCUT2D eigenvalue weighted by atomic mass is 10.0. The second kappa shape index (κ2) is 5.84. The van der Waals surface area contributed by atoms with Crippen LogP contribution in [-0.2, 0) is 4.74 Å². The number of ether oxygens (including phenoxy) is 1. The molecule has 0 unspecified atom stereocenters. The summed E-state index contributed by atoms with van der Waals surface area (Å²) >= 11 is 4.63. The van der Waals surface area contributed by atoms with Gasteiger partial charge in [-0.25, -0.2) is 9.78 Å². The molecule has 19 heavy (non-hydrogen) atoms. The molecule has 1 aromatic carbocycles. The van der Waals surface area contributed by atoms with Gasteiger partial charge in [0.25, 0.3) is 0 Å². The Bertz CT molecular complexity index is 622. The van der Waals surface area contributed by atoms with Gasteiger partial charge in [0.2, 0.25) is 0 Å². The largest absolute Gasteiger partial charge is 0.462 e. The van der Waals surface area contributed by atoms with E-state index in [0.717, 1.165) is 5.56 Å². The maximum Gasteiger partial charge on any atom is 0.350 e. The topological polar surface area (TPSA) is 39.2 Å². The van der Waals surface area contributed by atoms with Crippen LogP contribution in [0.2, 0.25) is 0 Å². The average molecular weight is 340 g/mol. The first-order chi connectivity index (χ1) is 9.02. The molecule has 0 saturated carbocycles. The van der Waals surface area contributed by atoms with Crippen LogP contribution >= 0.6 is 27.3 Å². The maximum atomic E-state index is 11.9. The molecule has 0 aliphatic rings. The van der Waals surface area contributed by atoms with Gasteiger partial charge in [0, 0.05) is 5.56 Å². The fourth-order valence-electron chi connectivity index (χ4n) is 1.71. The molecule has 0 N–H and O–H groups in total. The molecule has 3 nitrogen and oxygen atoms in total. The van der Waals surface area contributed by atoms with E-state index in [1.54, 1.807) is 6.92 Å². The van der Waals surface area contributed by atoms with Crippen LogP contribution in [0.4, 0.5) is 0 Å². The van der Waals surface area contributed by atoms with Crippen LogP contribution in [-0.4, -0.2) is 17.6 Å². The highest BCUT2D eigenvalue weighted by atomic mass is 79.9. The second-order valence-electron chi connectivity index (χ2n) is 4.16.